The highest BCUT2D eigenvalue weighted by Crippen LogP contribution is 2.19. The van der Waals surface area contributed by atoms with Gasteiger partial charge in [0.05, 0.1) is 0 Å². The van der Waals surface area contributed by atoms with E-state index in [1.165, 1.54) is 16.8 Å². The van der Waals surface area contributed by atoms with Gasteiger partial charge in [0, 0.05) is 24.8 Å². The van der Waals surface area contributed by atoms with E-state index in [4.69, 9.17) is 5.73 Å². The zero-order chi connectivity index (χ0) is 12.1. The number of nitrogens with zero attached hydrogens (tertiary/aromatic N) is 1. The lowest BCUT2D eigenvalue weighted by molar-refractivity contribution is 0.734. The molecular weight excluding hydrogens is 196 g/mol. The smallest absolute Gasteiger partial charge is 0.0368 e. The molecule has 1 aromatic rings. The van der Waals surface area contributed by atoms with Crippen LogP contribution in [-0.4, -0.2) is 19.1 Å². The van der Waals surface area contributed by atoms with Crippen molar-refractivity contribution < 1.29 is 0 Å². The molecule has 16 heavy (non-hydrogen) atoms. The van der Waals surface area contributed by atoms with Gasteiger partial charge in [0.1, 0.15) is 0 Å². The fourth-order valence-corrected chi connectivity index (χ4v) is 2.04. The number of benzene rings is 1. The van der Waals surface area contributed by atoms with Crippen molar-refractivity contribution in [3.63, 3.8) is 0 Å². The average Bonchev–Trinajstić information content (AvgIpc) is 2.23. The minimum atomic E-state index is 0.234. The van der Waals surface area contributed by atoms with Crippen LogP contribution in [0.1, 0.15) is 31.9 Å². The third kappa shape index (κ3) is 3.24. The fourth-order valence-electron chi connectivity index (χ4n) is 2.04. The first-order valence-corrected chi connectivity index (χ1v) is 6.18. The van der Waals surface area contributed by atoms with E-state index in [1.807, 2.05) is 0 Å². The van der Waals surface area contributed by atoms with Crippen LogP contribution < -0.4 is 10.6 Å². The minimum Gasteiger partial charge on any atom is -0.372 e. The Kier molecular flexibility index (Phi) is 4.81. The minimum absolute atomic E-state index is 0.234. The summed E-state index contributed by atoms with van der Waals surface area (Å²) in [6.45, 7) is 10.7. The summed E-state index contributed by atoms with van der Waals surface area (Å²) in [7, 11) is 0. The second kappa shape index (κ2) is 5.90. The van der Waals surface area contributed by atoms with Gasteiger partial charge in [-0.05, 0) is 57.4 Å². The molecule has 2 heteroatoms. The summed E-state index contributed by atoms with van der Waals surface area (Å²) in [5.41, 5.74) is 9.86. The number of aryl methyl sites for hydroxylation is 1. The molecule has 2 N–H and O–H groups in total. The Hall–Kier alpha value is -1.02. The quantitative estimate of drug-likeness (QED) is 0.826. The van der Waals surface area contributed by atoms with Crippen LogP contribution in [0.25, 0.3) is 0 Å². The van der Waals surface area contributed by atoms with Gasteiger partial charge in [0.15, 0.2) is 0 Å². The molecule has 0 heterocycles. The maximum atomic E-state index is 5.83. The highest BCUT2D eigenvalue weighted by Gasteiger charge is 2.06. The van der Waals surface area contributed by atoms with Crippen molar-refractivity contribution in [1.82, 2.24) is 0 Å². The molecule has 2 nitrogen and oxygen atoms in total. The molecule has 0 spiro atoms. The normalized spacial score (nSPS) is 12.6. The molecule has 1 aromatic carbocycles. The summed E-state index contributed by atoms with van der Waals surface area (Å²) >= 11 is 0. The third-order valence-electron chi connectivity index (χ3n) is 3.00. The van der Waals surface area contributed by atoms with Crippen LogP contribution >= 0.6 is 0 Å². The van der Waals surface area contributed by atoms with Gasteiger partial charge in [-0.2, -0.15) is 0 Å². The van der Waals surface area contributed by atoms with Crippen molar-refractivity contribution in [3.8, 4) is 0 Å². The Morgan fingerprint density at radius 1 is 1.25 bits per heavy atom. The van der Waals surface area contributed by atoms with E-state index in [0.29, 0.717) is 0 Å². The molecule has 0 aliphatic carbocycles. The molecule has 1 unspecified atom stereocenters. The van der Waals surface area contributed by atoms with Gasteiger partial charge < -0.3 is 10.6 Å². The summed E-state index contributed by atoms with van der Waals surface area (Å²) in [6.07, 6.45) is 0.963. The van der Waals surface area contributed by atoms with E-state index in [0.717, 1.165) is 19.5 Å². The van der Waals surface area contributed by atoms with Gasteiger partial charge in [-0.3, -0.25) is 0 Å². The topological polar surface area (TPSA) is 29.3 Å². The zero-order valence-corrected chi connectivity index (χ0v) is 11.0. The van der Waals surface area contributed by atoms with Crippen LogP contribution in [-0.2, 0) is 6.42 Å². The highest BCUT2D eigenvalue weighted by molar-refractivity contribution is 5.50. The number of hydrogen-bond donors (Lipinski definition) is 1. The Morgan fingerprint density at radius 2 is 1.88 bits per heavy atom. The Bertz CT molecular complexity index is 328. The molecule has 0 saturated heterocycles. The molecule has 0 radical (unpaired) electrons. The highest BCUT2D eigenvalue weighted by atomic mass is 15.1. The average molecular weight is 220 g/mol. The van der Waals surface area contributed by atoms with Crippen molar-refractivity contribution in [2.45, 2.75) is 40.2 Å². The van der Waals surface area contributed by atoms with E-state index in [-0.39, 0.29) is 6.04 Å². The summed E-state index contributed by atoms with van der Waals surface area (Å²) in [5, 5.41) is 0. The largest absolute Gasteiger partial charge is 0.372 e. The van der Waals surface area contributed by atoms with E-state index >= 15 is 0 Å². The van der Waals surface area contributed by atoms with Crippen LogP contribution in [0.3, 0.4) is 0 Å². The molecule has 90 valence electrons. The van der Waals surface area contributed by atoms with Crippen molar-refractivity contribution >= 4 is 5.69 Å². The van der Waals surface area contributed by atoms with Crippen molar-refractivity contribution in [2.75, 3.05) is 18.0 Å². The van der Waals surface area contributed by atoms with Gasteiger partial charge in [-0.1, -0.05) is 6.07 Å². The van der Waals surface area contributed by atoms with Crippen LogP contribution in [0.4, 0.5) is 5.69 Å². The SMILES string of the molecule is CCN(CC)c1ccc(CC(C)N)c(C)c1. The maximum absolute atomic E-state index is 5.83. The van der Waals surface area contributed by atoms with Crippen molar-refractivity contribution in [3.05, 3.63) is 29.3 Å². The van der Waals surface area contributed by atoms with E-state index < -0.39 is 0 Å². The molecule has 0 bridgehead atoms. The predicted octanol–water partition coefficient (Wildman–Crippen LogP) is 2.73. The van der Waals surface area contributed by atoms with Crippen molar-refractivity contribution in [2.24, 2.45) is 5.73 Å². The molecule has 0 fully saturated rings. The van der Waals surface area contributed by atoms with Gasteiger partial charge in [-0.25, -0.2) is 0 Å². The third-order valence-corrected chi connectivity index (χ3v) is 3.00. The zero-order valence-electron chi connectivity index (χ0n) is 11.0. The number of hydrogen-bond acceptors (Lipinski definition) is 2. The molecule has 0 aliphatic heterocycles. The summed E-state index contributed by atoms with van der Waals surface area (Å²) in [4.78, 5) is 2.36. The van der Waals surface area contributed by atoms with Crippen LogP contribution in [0.2, 0.25) is 0 Å². The van der Waals surface area contributed by atoms with Crippen LogP contribution in [0, 0.1) is 6.92 Å². The van der Waals surface area contributed by atoms with E-state index in [2.05, 4.69) is 50.8 Å². The molecule has 0 aliphatic rings. The second-order valence-electron chi connectivity index (χ2n) is 4.46. The second-order valence-corrected chi connectivity index (χ2v) is 4.46. The first-order chi connectivity index (χ1) is 7.58. The van der Waals surface area contributed by atoms with E-state index in [1.54, 1.807) is 0 Å². The van der Waals surface area contributed by atoms with E-state index in [9.17, 15) is 0 Å². The molecule has 1 atom stereocenters. The summed E-state index contributed by atoms with van der Waals surface area (Å²) in [6, 6.07) is 6.92. The van der Waals surface area contributed by atoms with Gasteiger partial charge in [-0.15, -0.1) is 0 Å². The number of nitrogens with two attached hydrogens (primary N) is 1. The number of rotatable bonds is 5. The fraction of sp³-hybridized carbons (Fsp3) is 0.571. The standard InChI is InChI=1S/C14H24N2/c1-5-16(6-2)14-8-7-13(10-12(4)15)11(3)9-14/h7-9,12H,5-6,10,15H2,1-4H3. The number of anilines is 1. The monoisotopic (exact) mass is 220 g/mol. The van der Waals surface area contributed by atoms with Gasteiger partial charge in [0.2, 0.25) is 0 Å². The summed E-state index contributed by atoms with van der Waals surface area (Å²) in [5.74, 6) is 0. The lowest BCUT2D eigenvalue weighted by Gasteiger charge is -2.22. The van der Waals surface area contributed by atoms with Gasteiger partial charge in [0.25, 0.3) is 0 Å². The molecule has 0 amide bonds. The summed E-state index contributed by atoms with van der Waals surface area (Å²) < 4.78 is 0. The first kappa shape index (κ1) is 13.0. The Morgan fingerprint density at radius 3 is 2.31 bits per heavy atom. The lowest BCUT2D eigenvalue weighted by atomic mass is 10.0. The maximum Gasteiger partial charge on any atom is 0.0368 e. The Balaban J connectivity index is 2.89. The Labute approximate surface area is 99.5 Å². The van der Waals surface area contributed by atoms with Crippen LogP contribution in [0.15, 0.2) is 18.2 Å². The van der Waals surface area contributed by atoms with Crippen LogP contribution in [0.5, 0.6) is 0 Å². The first-order valence-electron chi connectivity index (χ1n) is 6.18. The predicted molar refractivity (Wildman–Crippen MR) is 72.1 cm³/mol. The molecule has 1 rings (SSSR count). The van der Waals surface area contributed by atoms with Crippen molar-refractivity contribution in [1.29, 1.82) is 0 Å². The lowest BCUT2D eigenvalue weighted by Crippen LogP contribution is -2.22. The molecular formula is C14H24N2. The molecule has 0 saturated carbocycles. The molecule has 0 aromatic heterocycles. The van der Waals surface area contributed by atoms with Gasteiger partial charge >= 0.3 is 0 Å².